The largest absolute Gasteiger partial charge is 0.391 e. The molecule has 0 bridgehead atoms. The van der Waals surface area contributed by atoms with Crippen molar-refractivity contribution in [3.05, 3.63) is 0 Å². The van der Waals surface area contributed by atoms with E-state index in [1.54, 1.807) is 0 Å². The molecule has 1 aliphatic carbocycles. The highest BCUT2D eigenvalue weighted by atomic mass is 16.3. The highest BCUT2D eigenvalue weighted by Crippen LogP contribution is 2.37. The van der Waals surface area contributed by atoms with Crippen molar-refractivity contribution in [3.8, 4) is 0 Å². The van der Waals surface area contributed by atoms with Crippen LogP contribution >= 0.6 is 0 Å². The zero-order valence-corrected chi connectivity index (χ0v) is 11.9. The van der Waals surface area contributed by atoms with E-state index in [0.717, 1.165) is 19.4 Å². The summed E-state index contributed by atoms with van der Waals surface area (Å²) in [5.41, 5.74) is 0.380. The number of likely N-dealkylation sites (N-methyl/N-ethyl adjacent to an activating group) is 1. The van der Waals surface area contributed by atoms with E-state index in [0.29, 0.717) is 11.5 Å². The first-order valence-corrected chi connectivity index (χ1v) is 6.52. The highest BCUT2D eigenvalue weighted by molar-refractivity contribution is 4.93. The van der Waals surface area contributed by atoms with Gasteiger partial charge >= 0.3 is 0 Å². The average molecular weight is 227 g/mol. The molecule has 2 unspecified atom stereocenters. The van der Waals surface area contributed by atoms with Gasteiger partial charge in [-0.1, -0.05) is 41.0 Å². The Morgan fingerprint density at radius 1 is 1.31 bits per heavy atom. The molecular weight excluding hydrogens is 198 g/mol. The number of hydrogen-bond acceptors (Lipinski definition) is 2. The summed E-state index contributed by atoms with van der Waals surface area (Å²) in [6.45, 7) is 12.2. The molecule has 0 aromatic carbocycles. The van der Waals surface area contributed by atoms with Crippen molar-refractivity contribution in [1.82, 2.24) is 4.90 Å². The van der Waals surface area contributed by atoms with Crippen molar-refractivity contribution in [2.75, 3.05) is 13.6 Å². The standard InChI is InChI=1S/C14H29NO/c1-13(2,3)10-15(6)11-8-7-9-14(4,5)12(11)16/h11-12,16H,7-10H2,1-6H3. The van der Waals surface area contributed by atoms with Gasteiger partial charge in [0.25, 0.3) is 0 Å². The van der Waals surface area contributed by atoms with Crippen molar-refractivity contribution in [2.24, 2.45) is 10.8 Å². The van der Waals surface area contributed by atoms with Crippen LogP contribution in [0.15, 0.2) is 0 Å². The molecule has 0 spiro atoms. The maximum absolute atomic E-state index is 10.4. The lowest BCUT2D eigenvalue weighted by Gasteiger charge is -2.45. The van der Waals surface area contributed by atoms with Crippen molar-refractivity contribution in [3.63, 3.8) is 0 Å². The SMILES string of the molecule is CN(CC(C)(C)C)C1CCCC(C)(C)C1O. The average Bonchev–Trinajstić information content (AvgIpc) is 2.06. The Kier molecular flexibility index (Phi) is 4.07. The lowest BCUT2D eigenvalue weighted by atomic mass is 9.72. The van der Waals surface area contributed by atoms with E-state index in [4.69, 9.17) is 0 Å². The van der Waals surface area contributed by atoms with Crippen LogP contribution in [0.4, 0.5) is 0 Å². The first-order valence-electron chi connectivity index (χ1n) is 6.52. The minimum absolute atomic E-state index is 0.0784. The van der Waals surface area contributed by atoms with Gasteiger partial charge in [-0.15, -0.1) is 0 Å². The molecule has 1 saturated carbocycles. The summed E-state index contributed by atoms with van der Waals surface area (Å²) >= 11 is 0. The van der Waals surface area contributed by atoms with Crippen molar-refractivity contribution in [1.29, 1.82) is 0 Å². The molecule has 0 aromatic heterocycles. The van der Waals surface area contributed by atoms with Crippen LogP contribution in [-0.4, -0.2) is 35.7 Å². The Morgan fingerprint density at radius 3 is 2.38 bits per heavy atom. The van der Waals surface area contributed by atoms with E-state index in [2.05, 4.69) is 46.6 Å². The lowest BCUT2D eigenvalue weighted by molar-refractivity contribution is -0.0563. The van der Waals surface area contributed by atoms with Gasteiger partial charge in [0.05, 0.1) is 6.10 Å². The first kappa shape index (κ1) is 14.0. The topological polar surface area (TPSA) is 23.5 Å². The zero-order chi connectivity index (χ0) is 12.6. The van der Waals surface area contributed by atoms with E-state index in [9.17, 15) is 5.11 Å². The fourth-order valence-electron chi connectivity index (χ4n) is 2.92. The molecular formula is C14H29NO. The summed E-state index contributed by atoms with van der Waals surface area (Å²) in [6, 6.07) is 0.336. The van der Waals surface area contributed by atoms with E-state index < -0.39 is 0 Å². The van der Waals surface area contributed by atoms with Gasteiger partial charge in [-0.25, -0.2) is 0 Å². The molecule has 1 aliphatic rings. The molecule has 1 fully saturated rings. The Labute approximate surface area is 101 Å². The van der Waals surface area contributed by atoms with E-state index in [-0.39, 0.29) is 11.5 Å². The molecule has 96 valence electrons. The molecule has 2 atom stereocenters. The third-order valence-corrected chi connectivity index (χ3v) is 3.78. The summed E-state index contributed by atoms with van der Waals surface area (Å²) < 4.78 is 0. The van der Waals surface area contributed by atoms with Gasteiger partial charge in [-0.05, 0) is 30.7 Å². The van der Waals surface area contributed by atoms with Gasteiger partial charge in [-0.3, -0.25) is 0 Å². The second-order valence-electron chi connectivity index (χ2n) is 7.37. The third kappa shape index (κ3) is 3.46. The van der Waals surface area contributed by atoms with Gasteiger partial charge in [0, 0.05) is 12.6 Å². The van der Waals surface area contributed by atoms with Crippen LogP contribution in [0.3, 0.4) is 0 Å². The van der Waals surface area contributed by atoms with Gasteiger partial charge in [-0.2, -0.15) is 0 Å². The minimum Gasteiger partial charge on any atom is -0.391 e. The molecule has 16 heavy (non-hydrogen) atoms. The smallest absolute Gasteiger partial charge is 0.0746 e. The van der Waals surface area contributed by atoms with Gasteiger partial charge in [0.1, 0.15) is 0 Å². The zero-order valence-electron chi connectivity index (χ0n) is 11.9. The lowest BCUT2D eigenvalue weighted by Crippen LogP contribution is -2.52. The second kappa shape index (κ2) is 4.66. The molecule has 0 saturated heterocycles. The number of aliphatic hydroxyl groups excluding tert-OH is 1. The molecule has 0 aromatic rings. The van der Waals surface area contributed by atoms with Gasteiger partial charge in [0.2, 0.25) is 0 Å². The Morgan fingerprint density at radius 2 is 1.88 bits per heavy atom. The summed E-state index contributed by atoms with van der Waals surface area (Å²) in [5.74, 6) is 0. The highest BCUT2D eigenvalue weighted by Gasteiger charge is 2.39. The molecule has 0 heterocycles. The molecule has 2 heteroatoms. The predicted molar refractivity (Wildman–Crippen MR) is 69.5 cm³/mol. The van der Waals surface area contributed by atoms with Crippen LogP contribution in [0, 0.1) is 10.8 Å². The minimum atomic E-state index is -0.186. The van der Waals surface area contributed by atoms with E-state index in [1.807, 2.05) is 0 Å². The fraction of sp³-hybridized carbons (Fsp3) is 1.00. The molecule has 1 rings (SSSR count). The van der Waals surface area contributed by atoms with Crippen LogP contribution in [0.25, 0.3) is 0 Å². The van der Waals surface area contributed by atoms with E-state index in [1.165, 1.54) is 6.42 Å². The fourth-order valence-corrected chi connectivity index (χ4v) is 2.92. The van der Waals surface area contributed by atoms with Gasteiger partial charge < -0.3 is 10.0 Å². The van der Waals surface area contributed by atoms with E-state index >= 15 is 0 Å². The van der Waals surface area contributed by atoms with Crippen LogP contribution in [0.2, 0.25) is 0 Å². The molecule has 0 aliphatic heterocycles. The van der Waals surface area contributed by atoms with Crippen LogP contribution in [0.5, 0.6) is 0 Å². The quantitative estimate of drug-likeness (QED) is 0.784. The maximum Gasteiger partial charge on any atom is 0.0746 e. The Bertz CT molecular complexity index is 229. The summed E-state index contributed by atoms with van der Waals surface area (Å²) in [5, 5.41) is 10.4. The summed E-state index contributed by atoms with van der Waals surface area (Å²) in [6.07, 6.45) is 3.34. The van der Waals surface area contributed by atoms with Crippen molar-refractivity contribution >= 4 is 0 Å². The molecule has 0 radical (unpaired) electrons. The number of rotatable bonds is 2. The molecule has 1 N–H and O–H groups in total. The second-order valence-corrected chi connectivity index (χ2v) is 7.37. The predicted octanol–water partition coefficient (Wildman–Crippen LogP) is 2.90. The Balaban J connectivity index is 2.65. The molecule has 0 amide bonds. The van der Waals surface area contributed by atoms with Crippen molar-refractivity contribution in [2.45, 2.75) is 66.0 Å². The number of hydrogen-bond donors (Lipinski definition) is 1. The van der Waals surface area contributed by atoms with Crippen LogP contribution in [-0.2, 0) is 0 Å². The number of aliphatic hydroxyl groups is 1. The Hall–Kier alpha value is -0.0800. The number of nitrogens with zero attached hydrogens (tertiary/aromatic N) is 1. The van der Waals surface area contributed by atoms with Crippen molar-refractivity contribution < 1.29 is 5.11 Å². The maximum atomic E-state index is 10.4. The first-order chi connectivity index (χ1) is 7.13. The monoisotopic (exact) mass is 227 g/mol. The molecule has 2 nitrogen and oxygen atoms in total. The third-order valence-electron chi connectivity index (χ3n) is 3.78. The van der Waals surface area contributed by atoms with Gasteiger partial charge in [0.15, 0.2) is 0 Å². The summed E-state index contributed by atoms with van der Waals surface area (Å²) in [7, 11) is 2.15. The summed E-state index contributed by atoms with van der Waals surface area (Å²) in [4.78, 5) is 2.35. The van der Waals surface area contributed by atoms with Crippen LogP contribution in [0.1, 0.15) is 53.9 Å². The normalized spacial score (nSPS) is 30.8. The van der Waals surface area contributed by atoms with Crippen LogP contribution < -0.4 is 0 Å².